The van der Waals surface area contributed by atoms with Gasteiger partial charge < -0.3 is 4.74 Å². The average Bonchev–Trinajstić information content (AvgIpc) is 3.06. The normalized spacial score (nSPS) is 20.0. The van der Waals surface area contributed by atoms with Crippen LogP contribution in [0.5, 0.6) is 5.75 Å². The van der Waals surface area contributed by atoms with Gasteiger partial charge >= 0.3 is 0 Å². The first kappa shape index (κ1) is 21.4. The molecule has 2 heterocycles. The number of carbonyl (C=O) groups is 3. The maximum absolute atomic E-state index is 13.2. The summed E-state index contributed by atoms with van der Waals surface area (Å²) >= 11 is 5.23. The summed E-state index contributed by atoms with van der Waals surface area (Å²) in [6.45, 7) is 4.07. The highest BCUT2D eigenvalue weighted by molar-refractivity contribution is 7.80. The van der Waals surface area contributed by atoms with Gasteiger partial charge in [-0.25, -0.2) is 0 Å². The molecule has 0 saturated carbocycles. The van der Waals surface area contributed by atoms with Crippen LogP contribution in [-0.2, 0) is 14.4 Å². The summed E-state index contributed by atoms with van der Waals surface area (Å²) in [5, 5.41) is 8.09. The Morgan fingerprint density at radius 3 is 2.41 bits per heavy atom. The number of carbonyl (C=O) groups excluding carboxylic acids is 3. The predicted octanol–water partition coefficient (Wildman–Crippen LogP) is 2.80. The minimum Gasteiger partial charge on any atom is -0.494 e. The van der Waals surface area contributed by atoms with E-state index in [4.69, 9.17) is 17.0 Å². The van der Waals surface area contributed by atoms with E-state index in [-0.39, 0.29) is 16.6 Å². The Labute approximate surface area is 190 Å². The van der Waals surface area contributed by atoms with Crippen molar-refractivity contribution in [2.24, 2.45) is 11.0 Å². The Balaban J connectivity index is 1.63. The zero-order valence-corrected chi connectivity index (χ0v) is 18.3. The second kappa shape index (κ2) is 8.72. The molecule has 8 nitrogen and oxygen atoms in total. The largest absolute Gasteiger partial charge is 0.494 e. The van der Waals surface area contributed by atoms with Crippen molar-refractivity contribution < 1.29 is 19.1 Å². The van der Waals surface area contributed by atoms with E-state index in [9.17, 15) is 14.4 Å². The number of anilines is 2. The van der Waals surface area contributed by atoms with Gasteiger partial charge in [-0.15, -0.1) is 0 Å². The highest BCUT2D eigenvalue weighted by atomic mass is 32.1. The van der Waals surface area contributed by atoms with Crippen molar-refractivity contribution in [2.75, 3.05) is 16.5 Å². The van der Waals surface area contributed by atoms with Gasteiger partial charge in [-0.2, -0.15) is 10.1 Å². The highest BCUT2D eigenvalue weighted by Crippen LogP contribution is 2.28. The Morgan fingerprint density at radius 2 is 1.75 bits per heavy atom. The van der Waals surface area contributed by atoms with E-state index >= 15 is 0 Å². The minimum absolute atomic E-state index is 0.0321. The van der Waals surface area contributed by atoms with E-state index in [2.05, 4.69) is 10.4 Å². The molecule has 2 aliphatic rings. The summed E-state index contributed by atoms with van der Waals surface area (Å²) in [7, 11) is 0. The van der Waals surface area contributed by atoms with Crippen LogP contribution in [0.1, 0.15) is 13.8 Å². The minimum atomic E-state index is -0.839. The van der Waals surface area contributed by atoms with Gasteiger partial charge in [0.2, 0.25) is 0 Å². The van der Waals surface area contributed by atoms with Gasteiger partial charge in [-0.3, -0.25) is 24.6 Å². The van der Waals surface area contributed by atoms with Crippen molar-refractivity contribution in [1.29, 1.82) is 0 Å². The molecule has 162 valence electrons. The number of benzene rings is 2. The number of amides is 3. The van der Waals surface area contributed by atoms with Crippen molar-refractivity contribution in [3.05, 3.63) is 66.2 Å². The smallest absolute Gasteiger partial charge is 0.269 e. The van der Waals surface area contributed by atoms with Gasteiger partial charge in [0, 0.05) is 0 Å². The standard InChI is InChI=1S/C23H20N4O4S/c1-3-31-17-11-9-15(10-12-17)26-21(29)19(20(28)24-23(26)32)13-18-14(2)25-27(22(18)30)16-7-5-4-6-8-16/h4-13,18H,3H2,1-2H3,(H,24,28,32)/b19-13+. The molecule has 32 heavy (non-hydrogen) atoms. The Kier molecular flexibility index (Phi) is 5.83. The number of hydrogen-bond acceptors (Lipinski definition) is 6. The Bertz CT molecular complexity index is 1160. The van der Waals surface area contributed by atoms with E-state index in [1.54, 1.807) is 55.5 Å². The lowest BCUT2D eigenvalue weighted by atomic mass is 9.98. The Morgan fingerprint density at radius 1 is 1.06 bits per heavy atom. The van der Waals surface area contributed by atoms with Crippen LogP contribution in [0.4, 0.5) is 11.4 Å². The molecule has 0 spiro atoms. The average molecular weight is 449 g/mol. The van der Waals surface area contributed by atoms with E-state index in [0.717, 1.165) is 0 Å². The van der Waals surface area contributed by atoms with Crippen molar-refractivity contribution in [2.45, 2.75) is 13.8 Å². The highest BCUT2D eigenvalue weighted by Gasteiger charge is 2.39. The van der Waals surface area contributed by atoms with Gasteiger partial charge in [0.05, 0.1) is 29.6 Å². The van der Waals surface area contributed by atoms with Crippen molar-refractivity contribution >= 4 is 52.1 Å². The zero-order chi connectivity index (χ0) is 22.8. The van der Waals surface area contributed by atoms with Crippen molar-refractivity contribution in [1.82, 2.24) is 5.32 Å². The molecule has 0 aliphatic carbocycles. The van der Waals surface area contributed by atoms with Gasteiger partial charge in [0.1, 0.15) is 11.3 Å². The molecule has 1 N–H and O–H groups in total. The number of thiocarbonyl (C=S) groups is 1. The van der Waals surface area contributed by atoms with Crippen LogP contribution < -0.4 is 20.0 Å². The summed E-state index contributed by atoms with van der Waals surface area (Å²) in [4.78, 5) is 40.0. The maximum Gasteiger partial charge on any atom is 0.269 e. The van der Waals surface area contributed by atoms with Crippen molar-refractivity contribution in [3.8, 4) is 5.75 Å². The van der Waals surface area contributed by atoms with Crippen LogP contribution in [0.2, 0.25) is 0 Å². The lowest BCUT2D eigenvalue weighted by Gasteiger charge is -2.29. The molecule has 2 aromatic carbocycles. The first-order valence-electron chi connectivity index (χ1n) is 9.99. The number of ether oxygens (including phenoxy) is 1. The van der Waals surface area contributed by atoms with E-state index in [1.807, 2.05) is 13.0 Å². The summed E-state index contributed by atoms with van der Waals surface area (Å²) in [6.07, 6.45) is 1.35. The summed E-state index contributed by atoms with van der Waals surface area (Å²) in [5.74, 6) is -1.80. The lowest BCUT2D eigenvalue weighted by Crippen LogP contribution is -2.54. The van der Waals surface area contributed by atoms with Gasteiger partial charge in [-0.1, -0.05) is 18.2 Å². The number of nitrogens with one attached hydrogen (secondary N) is 1. The van der Waals surface area contributed by atoms with E-state index in [1.165, 1.54) is 16.0 Å². The van der Waals surface area contributed by atoms with Crippen LogP contribution in [0.3, 0.4) is 0 Å². The van der Waals surface area contributed by atoms with Gasteiger partial charge in [0.15, 0.2) is 5.11 Å². The first-order valence-corrected chi connectivity index (χ1v) is 10.4. The first-order chi connectivity index (χ1) is 15.4. The summed E-state index contributed by atoms with van der Waals surface area (Å²) in [5.41, 5.74) is 1.39. The molecular weight excluding hydrogens is 428 g/mol. The molecule has 0 aromatic heterocycles. The summed E-state index contributed by atoms with van der Waals surface area (Å²) < 4.78 is 5.43. The SMILES string of the molecule is CCOc1ccc(N2C(=O)/C(=C/C3C(=O)N(c4ccccc4)N=C3C)C(=O)NC2=S)cc1. The predicted molar refractivity (Wildman–Crippen MR) is 124 cm³/mol. The molecule has 4 rings (SSSR count). The third kappa shape index (κ3) is 3.90. The van der Waals surface area contributed by atoms with Crippen LogP contribution >= 0.6 is 12.2 Å². The molecule has 3 amide bonds. The van der Waals surface area contributed by atoms with Crippen LogP contribution in [-0.4, -0.2) is 35.2 Å². The van der Waals surface area contributed by atoms with E-state index < -0.39 is 17.7 Å². The van der Waals surface area contributed by atoms with Crippen LogP contribution in [0, 0.1) is 5.92 Å². The molecule has 1 unspecified atom stereocenters. The zero-order valence-electron chi connectivity index (χ0n) is 17.4. The number of hydrogen-bond donors (Lipinski definition) is 1. The van der Waals surface area contributed by atoms with Gasteiger partial charge in [0.25, 0.3) is 17.7 Å². The fourth-order valence-electron chi connectivity index (χ4n) is 3.46. The second-order valence-corrected chi connectivity index (χ2v) is 7.50. The Hall–Kier alpha value is -3.85. The third-order valence-corrected chi connectivity index (χ3v) is 5.31. The molecule has 2 aromatic rings. The molecule has 9 heteroatoms. The molecule has 0 bridgehead atoms. The third-order valence-electron chi connectivity index (χ3n) is 5.02. The van der Waals surface area contributed by atoms with Crippen molar-refractivity contribution in [3.63, 3.8) is 0 Å². The number of para-hydroxylation sites is 1. The fourth-order valence-corrected chi connectivity index (χ4v) is 3.74. The number of nitrogens with zero attached hydrogens (tertiary/aromatic N) is 3. The number of rotatable bonds is 5. The molecule has 1 atom stereocenters. The van der Waals surface area contributed by atoms with Crippen LogP contribution in [0.15, 0.2) is 71.3 Å². The fraction of sp³-hybridized carbons (Fsp3) is 0.174. The molecule has 2 aliphatic heterocycles. The quantitative estimate of drug-likeness (QED) is 0.432. The molecule has 0 radical (unpaired) electrons. The lowest BCUT2D eigenvalue weighted by molar-refractivity contribution is -0.122. The summed E-state index contributed by atoms with van der Waals surface area (Å²) in [6, 6.07) is 15.7. The molecule has 1 fully saturated rings. The maximum atomic E-state index is 13.2. The number of hydrazone groups is 1. The monoisotopic (exact) mass is 448 g/mol. The molecular formula is C23H20N4O4S. The molecule has 1 saturated heterocycles. The van der Waals surface area contributed by atoms with Crippen LogP contribution in [0.25, 0.3) is 0 Å². The topological polar surface area (TPSA) is 91.3 Å². The van der Waals surface area contributed by atoms with E-state index in [0.29, 0.717) is 29.4 Å². The van der Waals surface area contributed by atoms with Gasteiger partial charge in [-0.05, 0) is 68.5 Å². The second-order valence-electron chi connectivity index (χ2n) is 7.11.